The summed E-state index contributed by atoms with van der Waals surface area (Å²) < 4.78 is 0. The molecule has 1 amide bonds. The van der Waals surface area contributed by atoms with Gasteiger partial charge in [-0.2, -0.15) is 0 Å². The van der Waals surface area contributed by atoms with Crippen molar-refractivity contribution in [3.05, 3.63) is 24.3 Å². The molecule has 4 atom stereocenters. The predicted molar refractivity (Wildman–Crippen MR) is 214 cm³/mol. The van der Waals surface area contributed by atoms with Crippen LogP contribution in [0.2, 0.25) is 0 Å². The minimum atomic E-state index is -1.28. The molecule has 0 rings (SSSR count). The van der Waals surface area contributed by atoms with Crippen molar-refractivity contribution < 1.29 is 25.2 Å². The number of hydrogen-bond donors (Lipinski definition) is 5. The molecule has 0 spiro atoms. The van der Waals surface area contributed by atoms with E-state index in [2.05, 4.69) is 43.5 Å². The fourth-order valence-corrected chi connectivity index (χ4v) is 6.62. The standard InChI is InChI=1S/C44H85NO5/c1-3-5-7-9-11-13-14-15-16-17-18-19-20-21-22-23-24-25-26-27-28-30-31-33-35-37-41(47)43(49)40(39-46)45-44(50)42(48)38-36-34-32-29-12-10-8-6-4-2/h10,12,30-31,40-43,46-49H,3-9,11,13-29,32-39H2,1-2H3,(H,45,50)/b12-10-,31-30+. The molecule has 0 aliphatic carbocycles. The van der Waals surface area contributed by atoms with E-state index in [0.717, 1.165) is 51.4 Å². The number of aliphatic hydroxyl groups is 4. The first-order valence-corrected chi connectivity index (χ1v) is 21.7. The molecule has 50 heavy (non-hydrogen) atoms. The van der Waals surface area contributed by atoms with Crippen LogP contribution in [0.3, 0.4) is 0 Å². The van der Waals surface area contributed by atoms with Gasteiger partial charge in [-0.3, -0.25) is 4.79 Å². The van der Waals surface area contributed by atoms with Crippen LogP contribution in [-0.2, 0) is 4.79 Å². The maximum absolute atomic E-state index is 12.4. The van der Waals surface area contributed by atoms with Crippen molar-refractivity contribution in [2.45, 2.75) is 244 Å². The van der Waals surface area contributed by atoms with Crippen LogP contribution in [-0.4, -0.2) is 57.3 Å². The van der Waals surface area contributed by atoms with E-state index in [1.54, 1.807) is 0 Å². The van der Waals surface area contributed by atoms with Crippen LogP contribution in [0.4, 0.5) is 0 Å². The van der Waals surface area contributed by atoms with Gasteiger partial charge < -0.3 is 25.7 Å². The maximum Gasteiger partial charge on any atom is 0.249 e. The number of unbranched alkanes of at least 4 members (excludes halogenated alkanes) is 26. The summed E-state index contributed by atoms with van der Waals surface area (Å²) in [4.78, 5) is 12.4. The highest BCUT2D eigenvalue weighted by Gasteiger charge is 2.28. The molecule has 0 saturated heterocycles. The van der Waals surface area contributed by atoms with Crippen molar-refractivity contribution >= 4 is 5.91 Å². The first-order valence-electron chi connectivity index (χ1n) is 21.7. The Morgan fingerprint density at radius 1 is 0.480 bits per heavy atom. The molecule has 0 radical (unpaired) electrons. The van der Waals surface area contributed by atoms with Crippen LogP contribution >= 0.6 is 0 Å². The summed E-state index contributed by atoms with van der Waals surface area (Å²) in [5, 5.41) is 43.4. The Morgan fingerprint density at radius 2 is 0.840 bits per heavy atom. The monoisotopic (exact) mass is 708 g/mol. The normalized spacial score (nSPS) is 14.4. The van der Waals surface area contributed by atoms with Gasteiger partial charge in [-0.05, 0) is 57.8 Å². The number of carbonyl (C=O) groups is 1. The molecule has 5 N–H and O–H groups in total. The van der Waals surface area contributed by atoms with Gasteiger partial charge in [-0.1, -0.05) is 186 Å². The first-order chi connectivity index (χ1) is 24.5. The van der Waals surface area contributed by atoms with Crippen LogP contribution in [0, 0.1) is 0 Å². The molecule has 6 nitrogen and oxygen atoms in total. The first kappa shape index (κ1) is 48.8. The largest absolute Gasteiger partial charge is 0.394 e. The third kappa shape index (κ3) is 32.7. The topological polar surface area (TPSA) is 110 Å². The van der Waals surface area contributed by atoms with Crippen molar-refractivity contribution in [3.63, 3.8) is 0 Å². The lowest BCUT2D eigenvalue weighted by molar-refractivity contribution is -0.132. The Bertz CT molecular complexity index is 757. The molecule has 0 aromatic heterocycles. The second-order valence-corrected chi connectivity index (χ2v) is 15.0. The van der Waals surface area contributed by atoms with E-state index in [-0.39, 0.29) is 0 Å². The molecule has 0 aromatic rings. The van der Waals surface area contributed by atoms with Crippen LogP contribution < -0.4 is 5.32 Å². The zero-order valence-electron chi connectivity index (χ0n) is 33.2. The third-order valence-corrected chi connectivity index (χ3v) is 10.1. The summed E-state index contributed by atoms with van der Waals surface area (Å²) in [5.74, 6) is -0.609. The summed E-state index contributed by atoms with van der Waals surface area (Å²) in [6, 6.07) is -1.00. The minimum absolute atomic E-state index is 0.341. The Kier molecular flexibility index (Phi) is 38.1. The van der Waals surface area contributed by atoms with E-state index in [1.165, 1.54) is 141 Å². The highest BCUT2D eigenvalue weighted by Crippen LogP contribution is 2.16. The van der Waals surface area contributed by atoms with Crippen LogP contribution in [0.15, 0.2) is 24.3 Å². The van der Waals surface area contributed by atoms with Crippen molar-refractivity contribution in [2.75, 3.05) is 6.61 Å². The zero-order valence-corrected chi connectivity index (χ0v) is 33.2. The molecule has 0 saturated carbocycles. The second kappa shape index (κ2) is 39.0. The predicted octanol–water partition coefficient (Wildman–Crippen LogP) is 11.2. The summed E-state index contributed by atoms with van der Waals surface area (Å²) in [7, 11) is 0. The number of allylic oxidation sites excluding steroid dienone is 4. The Balaban J connectivity index is 3.68. The smallest absolute Gasteiger partial charge is 0.249 e. The summed E-state index contributed by atoms with van der Waals surface area (Å²) in [5.41, 5.74) is 0. The second-order valence-electron chi connectivity index (χ2n) is 15.0. The van der Waals surface area contributed by atoms with Gasteiger partial charge in [-0.25, -0.2) is 0 Å². The van der Waals surface area contributed by atoms with Crippen LogP contribution in [0.1, 0.15) is 219 Å². The Hall–Kier alpha value is -1.21. The van der Waals surface area contributed by atoms with Crippen LogP contribution in [0.25, 0.3) is 0 Å². The summed E-state index contributed by atoms with van der Waals surface area (Å²) in [6.45, 7) is 3.97. The molecule has 0 aliphatic heterocycles. The molecule has 0 aliphatic rings. The van der Waals surface area contributed by atoms with Gasteiger partial charge in [0.25, 0.3) is 0 Å². The number of nitrogens with one attached hydrogen (secondary N) is 1. The molecule has 4 unspecified atom stereocenters. The van der Waals surface area contributed by atoms with Gasteiger partial charge in [0, 0.05) is 0 Å². The molecular formula is C44H85NO5. The van der Waals surface area contributed by atoms with Crippen molar-refractivity contribution in [1.29, 1.82) is 0 Å². The lowest BCUT2D eigenvalue weighted by Gasteiger charge is -2.27. The minimum Gasteiger partial charge on any atom is -0.394 e. The fourth-order valence-electron chi connectivity index (χ4n) is 6.62. The number of carbonyl (C=O) groups excluding carboxylic acids is 1. The highest BCUT2D eigenvalue weighted by molar-refractivity contribution is 5.80. The molecule has 6 heteroatoms. The van der Waals surface area contributed by atoms with Gasteiger partial charge in [0.15, 0.2) is 0 Å². The van der Waals surface area contributed by atoms with Gasteiger partial charge in [0.1, 0.15) is 12.2 Å². The number of hydrogen-bond acceptors (Lipinski definition) is 5. The highest BCUT2D eigenvalue weighted by atomic mass is 16.3. The quantitative estimate of drug-likeness (QED) is 0.0323. The lowest BCUT2D eigenvalue weighted by atomic mass is 10.00. The lowest BCUT2D eigenvalue weighted by Crippen LogP contribution is -2.53. The molecule has 0 bridgehead atoms. The number of amides is 1. The molecule has 0 aromatic carbocycles. The summed E-state index contributed by atoms with van der Waals surface area (Å²) >= 11 is 0. The Morgan fingerprint density at radius 3 is 1.26 bits per heavy atom. The van der Waals surface area contributed by atoms with Gasteiger partial charge in [0.2, 0.25) is 5.91 Å². The van der Waals surface area contributed by atoms with E-state index in [4.69, 9.17) is 0 Å². The van der Waals surface area contributed by atoms with E-state index in [1.807, 2.05) is 0 Å². The van der Waals surface area contributed by atoms with Gasteiger partial charge in [-0.15, -0.1) is 0 Å². The number of aliphatic hydroxyl groups excluding tert-OH is 4. The van der Waals surface area contributed by atoms with Crippen LogP contribution in [0.5, 0.6) is 0 Å². The number of rotatable bonds is 39. The van der Waals surface area contributed by atoms with E-state index < -0.39 is 36.9 Å². The maximum atomic E-state index is 12.4. The average Bonchev–Trinajstić information content (AvgIpc) is 3.12. The van der Waals surface area contributed by atoms with E-state index >= 15 is 0 Å². The summed E-state index contributed by atoms with van der Waals surface area (Å²) in [6.07, 6.45) is 43.8. The molecule has 0 fully saturated rings. The third-order valence-electron chi connectivity index (χ3n) is 10.1. The molecular weight excluding hydrogens is 622 g/mol. The van der Waals surface area contributed by atoms with E-state index in [9.17, 15) is 25.2 Å². The van der Waals surface area contributed by atoms with Gasteiger partial charge in [0.05, 0.1) is 18.8 Å². The molecule has 296 valence electrons. The Labute approximate surface area is 310 Å². The van der Waals surface area contributed by atoms with Crippen molar-refractivity contribution in [2.24, 2.45) is 0 Å². The van der Waals surface area contributed by atoms with Crippen molar-refractivity contribution in [1.82, 2.24) is 5.32 Å². The van der Waals surface area contributed by atoms with E-state index in [0.29, 0.717) is 12.8 Å². The zero-order chi connectivity index (χ0) is 36.8. The van der Waals surface area contributed by atoms with Crippen molar-refractivity contribution in [3.8, 4) is 0 Å². The SMILES string of the molecule is CCCC/C=C\CCCCCC(O)C(=O)NC(CO)C(O)C(O)CCC/C=C/CCCCCCCCCCCCCCCCCCCCCC. The van der Waals surface area contributed by atoms with Gasteiger partial charge >= 0.3 is 0 Å². The average molecular weight is 708 g/mol. The molecule has 0 heterocycles. The fraction of sp³-hybridized carbons (Fsp3) is 0.886.